The van der Waals surface area contributed by atoms with E-state index in [1.807, 2.05) is 0 Å². The second-order valence-corrected chi connectivity index (χ2v) is 2.74. The van der Waals surface area contributed by atoms with Crippen molar-refractivity contribution in [3.63, 3.8) is 0 Å². The number of anilines is 1. The van der Waals surface area contributed by atoms with Crippen LogP contribution < -0.4 is 5.73 Å². The van der Waals surface area contributed by atoms with E-state index >= 15 is 0 Å². The highest BCUT2D eigenvalue weighted by Gasteiger charge is 2.14. The number of hydrogen-bond donors (Lipinski definition) is 1. The lowest BCUT2D eigenvalue weighted by Gasteiger charge is -1.94. The molecule has 0 atom stereocenters. The maximum absolute atomic E-state index is 11.3. The minimum atomic E-state index is -0.581. The van der Waals surface area contributed by atoms with Gasteiger partial charge >= 0.3 is 5.97 Å². The van der Waals surface area contributed by atoms with Crippen LogP contribution in [-0.4, -0.2) is 32.2 Å². The number of nitrogens with zero attached hydrogens (tertiary/aromatic N) is 4. The van der Waals surface area contributed by atoms with Gasteiger partial charge in [0.05, 0.1) is 6.61 Å². The molecule has 0 aromatic carbocycles. The summed E-state index contributed by atoms with van der Waals surface area (Å²) in [6.45, 7) is 1.98. The smallest absolute Gasteiger partial charge is 0.378 e. The van der Waals surface area contributed by atoms with E-state index in [1.165, 1.54) is 10.7 Å². The van der Waals surface area contributed by atoms with E-state index in [2.05, 4.69) is 15.1 Å². The molecule has 2 aromatic heterocycles. The summed E-state index contributed by atoms with van der Waals surface area (Å²) < 4.78 is 6.04. The van der Waals surface area contributed by atoms with Crippen LogP contribution in [0.25, 0.3) is 5.78 Å². The molecule has 78 valence electrons. The van der Waals surface area contributed by atoms with Crippen molar-refractivity contribution < 1.29 is 9.53 Å². The highest BCUT2D eigenvalue weighted by Crippen LogP contribution is 2.04. The molecule has 0 saturated carbocycles. The van der Waals surface area contributed by atoms with Crippen LogP contribution in [0.3, 0.4) is 0 Å². The quantitative estimate of drug-likeness (QED) is 0.690. The fraction of sp³-hybridized carbons (Fsp3) is 0.250. The van der Waals surface area contributed by atoms with Crippen LogP contribution in [-0.2, 0) is 4.74 Å². The fourth-order valence-corrected chi connectivity index (χ4v) is 1.09. The minimum Gasteiger partial charge on any atom is -0.460 e. The third-order valence-corrected chi connectivity index (χ3v) is 1.73. The first-order chi connectivity index (χ1) is 7.22. The Balaban J connectivity index is 2.47. The monoisotopic (exact) mass is 207 g/mol. The molecule has 0 bridgehead atoms. The topological polar surface area (TPSA) is 95.4 Å². The van der Waals surface area contributed by atoms with Gasteiger partial charge in [-0.15, -0.1) is 5.10 Å². The Labute approximate surface area is 84.9 Å². The van der Waals surface area contributed by atoms with Crippen molar-refractivity contribution in [2.75, 3.05) is 12.3 Å². The van der Waals surface area contributed by atoms with Crippen molar-refractivity contribution in [3.8, 4) is 0 Å². The summed E-state index contributed by atoms with van der Waals surface area (Å²) in [5, 5.41) is 3.87. The molecule has 0 amide bonds. The number of rotatable bonds is 2. The van der Waals surface area contributed by atoms with Gasteiger partial charge in [0, 0.05) is 6.20 Å². The standard InChI is InChI=1S/C8H9N5O2/c1-2-15-7(14)6-11-8-10-4-3-5(9)13(8)12-6/h3-4H,2,9H2,1H3. The Morgan fingerprint density at radius 2 is 2.47 bits per heavy atom. The number of hydrogen-bond acceptors (Lipinski definition) is 6. The average Bonchev–Trinajstić information content (AvgIpc) is 2.63. The molecule has 0 spiro atoms. The Morgan fingerprint density at radius 3 is 3.13 bits per heavy atom. The van der Waals surface area contributed by atoms with E-state index in [-0.39, 0.29) is 18.2 Å². The molecule has 7 nitrogen and oxygen atoms in total. The van der Waals surface area contributed by atoms with Crippen molar-refractivity contribution >= 4 is 17.6 Å². The normalized spacial score (nSPS) is 10.5. The van der Waals surface area contributed by atoms with Crippen LogP contribution >= 0.6 is 0 Å². The lowest BCUT2D eigenvalue weighted by atomic mass is 10.6. The average molecular weight is 207 g/mol. The van der Waals surface area contributed by atoms with Crippen LogP contribution in [0.4, 0.5) is 5.82 Å². The van der Waals surface area contributed by atoms with Crippen LogP contribution in [0.15, 0.2) is 12.3 Å². The van der Waals surface area contributed by atoms with Crippen LogP contribution in [0, 0.1) is 0 Å². The van der Waals surface area contributed by atoms with Crippen LogP contribution in [0.1, 0.15) is 17.5 Å². The van der Waals surface area contributed by atoms with Crippen LogP contribution in [0.5, 0.6) is 0 Å². The number of nitrogen functional groups attached to an aromatic ring is 1. The number of carbonyl (C=O) groups is 1. The highest BCUT2D eigenvalue weighted by molar-refractivity contribution is 5.85. The number of fused-ring (bicyclic) bond motifs is 1. The Morgan fingerprint density at radius 1 is 1.67 bits per heavy atom. The van der Waals surface area contributed by atoms with Gasteiger partial charge in [0.1, 0.15) is 5.82 Å². The van der Waals surface area contributed by atoms with Gasteiger partial charge in [0.25, 0.3) is 11.6 Å². The first-order valence-corrected chi connectivity index (χ1v) is 4.36. The van der Waals surface area contributed by atoms with Gasteiger partial charge in [-0.1, -0.05) is 0 Å². The maximum Gasteiger partial charge on any atom is 0.378 e. The third kappa shape index (κ3) is 1.58. The lowest BCUT2D eigenvalue weighted by molar-refractivity contribution is 0.0512. The van der Waals surface area contributed by atoms with Gasteiger partial charge < -0.3 is 10.5 Å². The molecular formula is C8H9N5O2. The van der Waals surface area contributed by atoms with Gasteiger partial charge in [-0.2, -0.15) is 9.50 Å². The summed E-state index contributed by atoms with van der Waals surface area (Å²) in [6, 6.07) is 1.57. The molecule has 0 aliphatic rings. The number of carbonyl (C=O) groups excluding carboxylic acids is 1. The highest BCUT2D eigenvalue weighted by atomic mass is 16.5. The Bertz CT molecular complexity index is 507. The first kappa shape index (κ1) is 9.38. The number of ether oxygens (including phenoxy) is 1. The third-order valence-electron chi connectivity index (χ3n) is 1.73. The van der Waals surface area contributed by atoms with Gasteiger partial charge in [-0.25, -0.2) is 9.78 Å². The molecular weight excluding hydrogens is 198 g/mol. The van der Waals surface area contributed by atoms with E-state index in [9.17, 15) is 4.79 Å². The summed E-state index contributed by atoms with van der Waals surface area (Å²) >= 11 is 0. The number of esters is 1. The maximum atomic E-state index is 11.3. The molecule has 0 aliphatic carbocycles. The summed E-state index contributed by atoms with van der Waals surface area (Å²) in [5.41, 5.74) is 5.61. The van der Waals surface area contributed by atoms with Gasteiger partial charge in [-0.05, 0) is 13.0 Å². The molecule has 0 unspecified atom stereocenters. The Hall–Kier alpha value is -2.18. The van der Waals surface area contributed by atoms with Crippen LogP contribution in [0.2, 0.25) is 0 Å². The zero-order valence-electron chi connectivity index (χ0n) is 8.04. The van der Waals surface area contributed by atoms with Crippen molar-refractivity contribution in [2.45, 2.75) is 6.92 Å². The van der Waals surface area contributed by atoms with E-state index in [1.54, 1.807) is 13.0 Å². The summed E-state index contributed by atoms with van der Waals surface area (Å²) in [7, 11) is 0. The minimum absolute atomic E-state index is 0.0396. The Kier molecular flexibility index (Phi) is 2.20. The summed E-state index contributed by atoms with van der Waals surface area (Å²) in [6.07, 6.45) is 1.49. The number of aromatic nitrogens is 4. The molecule has 7 heteroatoms. The lowest BCUT2D eigenvalue weighted by Crippen LogP contribution is -2.07. The molecule has 15 heavy (non-hydrogen) atoms. The van der Waals surface area contributed by atoms with E-state index in [4.69, 9.17) is 10.5 Å². The second kappa shape index (κ2) is 3.52. The summed E-state index contributed by atoms with van der Waals surface area (Å²) in [5.74, 6) is 0.0192. The summed E-state index contributed by atoms with van der Waals surface area (Å²) in [4.78, 5) is 19.1. The van der Waals surface area contributed by atoms with E-state index in [0.717, 1.165) is 0 Å². The number of nitrogens with two attached hydrogens (primary N) is 1. The van der Waals surface area contributed by atoms with Crippen molar-refractivity contribution in [1.29, 1.82) is 0 Å². The predicted octanol–water partition coefficient (Wildman–Crippen LogP) is -0.117. The molecule has 0 aliphatic heterocycles. The molecule has 2 aromatic rings. The van der Waals surface area contributed by atoms with Crippen molar-refractivity contribution in [2.24, 2.45) is 0 Å². The molecule has 2 rings (SSSR count). The van der Waals surface area contributed by atoms with E-state index < -0.39 is 5.97 Å². The largest absolute Gasteiger partial charge is 0.460 e. The van der Waals surface area contributed by atoms with Gasteiger partial charge in [0.15, 0.2) is 0 Å². The SMILES string of the molecule is CCOC(=O)c1nc2nccc(N)n2n1. The predicted molar refractivity (Wildman–Crippen MR) is 51.2 cm³/mol. The van der Waals surface area contributed by atoms with Gasteiger partial charge in [-0.3, -0.25) is 0 Å². The van der Waals surface area contributed by atoms with Crippen molar-refractivity contribution in [3.05, 3.63) is 18.1 Å². The molecule has 2 N–H and O–H groups in total. The van der Waals surface area contributed by atoms with Gasteiger partial charge in [0.2, 0.25) is 0 Å². The zero-order chi connectivity index (χ0) is 10.8. The molecule has 0 fully saturated rings. The zero-order valence-corrected chi connectivity index (χ0v) is 8.04. The fourth-order valence-electron chi connectivity index (χ4n) is 1.09. The molecule has 0 radical (unpaired) electrons. The van der Waals surface area contributed by atoms with Crippen molar-refractivity contribution in [1.82, 2.24) is 19.6 Å². The van der Waals surface area contributed by atoms with E-state index in [0.29, 0.717) is 5.82 Å². The second-order valence-electron chi connectivity index (χ2n) is 2.74. The molecule has 2 heterocycles. The first-order valence-electron chi connectivity index (χ1n) is 4.36. The molecule has 0 saturated heterocycles.